The molecule has 4 atom stereocenters. The highest BCUT2D eigenvalue weighted by atomic mass is 16.5. The molecule has 3 rings (SSSR count). The minimum Gasteiger partial charge on any atom is -0.494 e. The maximum Gasteiger partial charge on any atom is 0.220 e. The predicted molar refractivity (Wildman–Crippen MR) is 97.7 cm³/mol. The third kappa shape index (κ3) is 4.62. The van der Waals surface area contributed by atoms with Gasteiger partial charge < -0.3 is 10.1 Å². The van der Waals surface area contributed by atoms with Crippen LogP contribution >= 0.6 is 0 Å². The van der Waals surface area contributed by atoms with Gasteiger partial charge in [0, 0.05) is 18.0 Å². The normalized spacial score (nSPS) is 25.6. The maximum absolute atomic E-state index is 12.1. The Kier molecular flexibility index (Phi) is 5.77. The van der Waals surface area contributed by atoms with Crippen LogP contribution in [0.25, 0.3) is 0 Å². The van der Waals surface area contributed by atoms with Crippen LogP contribution in [-0.2, 0) is 4.79 Å². The van der Waals surface area contributed by atoms with E-state index >= 15 is 0 Å². The molecular weight excluding hydrogens is 314 g/mol. The number of benzene rings is 1. The van der Waals surface area contributed by atoms with Gasteiger partial charge in [0.25, 0.3) is 0 Å². The summed E-state index contributed by atoms with van der Waals surface area (Å²) in [6, 6.07) is 7.42. The fourth-order valence-electron chi connectivity index (χ4n) is 4.55. The van der Waals surface area contributed by atoms with Crippen LogP contribution in [0.4, 0.5) is 0 Å². The van der Waals surface area contributed by atoms with Crippen LogP contribution in [0, 0.1) is 17.8 Å². The molecule has 0 saturated heterocycles. The molecule has 1 N–H and O–H groups in total. The molecule has 1 amide bonds. The van der Waals surface area contributed by atoms with E-state index in [9.17, 15) is 9.59 Å². The average Bonchev–Trinajstić information content (AvgIpc) is 3.22. The lowest BCUT2D eigenvalue weighted by Gasteiger charge is -2.28. The lowest BCUT2D eigenvalue weighted by molar-refractivity contribution is -0.122. The second-order valence-corrected chi connectivity index (χ2v) is 7.73. The molecule has 0 aromatic heterocycles. The van der Waals surface area contributed by atoms with Gasteiger partial charge in [-0.1, -0.05) is 6.42 Å². The summed E-state index contributed by atoms with van der Waals surface area (Å²) in [5.74, 6) is 3.34. The van der Waals surface area contributed by atoms with Crippen molar-refractivity contribution >= 4 is 11.7 Å². The van der Waals surface area contributed by atoms with E-state index in [0.29, 0.717) is 37.0 Å². The largest absolute Gasteiger partial charge is 0.494 e. The van der Waals surface area contributed by atoms with Gasteiger partial charge in [-0.2, -0.15) is 0 Å². The maximum atomic E-state index is 12.1. The molecule has 1 aromatic rings. The van der Waals surface area contributed by atoms with Gasteiger partial charge >= 0.3 is 0 Å². The SMILES string of the molecule is CC(=O)c1ccc(OCCCC(=O)N[C@@H](C)[C@@H]2C[C@@H]3CC[C@@H]2C3)cc1. The fourth-order valence-corrected chi connectivity index (χ4v) is 4.55. The Morgan fingerprint density at radius 3 is 2.56 bits per heavy atom. The van der Waals surface area contributed by atoms with Crippen molar-refractivity contribution < 1.29 is 14.3 Å². The number of Topliss-reactive ketones (excluding diaryl/α,β-unsaturated/α-hetero) is 1. The average molecular weight is 343 g/mol. The van der Waals surface area contributed by atoms with Crippen molar-refractivity contribution in [1.82, 2.24) is 5.32 Å². The summed E-state index contributed by atoms with van der Waals surface area (Å²) >= 11 is 0. The molecule has 2 aliphatic rings. The Hall–Kier alpha value is -1.84. The van der Waals surface area contributed by atoms with Gasteiger partial charge in [0.05, 0.1) is 6.61 Å². The van der Waals surface area contributed by atoms with Crippen molar-refractivity contribution in [3.63, 3.8) is 0 Å². The molecule has 0 unspecified atom stereocenters. The van der Waals surface area contributed by atoms with E-state index in [-0.39, 0.29) is 11.7 Å². The summed E-state index contributed by atoms with van der Waals surface area (Å²) in [4.78, 5) is 23.4. The summed E-state index contributed by atoms with van der Waals surface area (Å²) in [6.07, 6.45) is 6.62. The first-order valence-electron chi connectivity index (χ1n) is 9.56. The Balaban J connectivity index is 1.33. The Labute approximate surface area is 150 Å². The standard InChI is InChI=1S/C21H29NO3/c1-14(20-13-16-5-6-18(20)12-16)22-21(24)4-3-11-25-19-9-7-17(8-10-19)15(2)23/h7-10,14,16,18,20H,3-6,11-13H2,1-2H3,(H,22,24)/t14-,16+,18+,20-/m0/s1. The van der Waals surface area contributed by atoms with E-state index in [0.717, 1.165) is 17.6 Å². The zero-order valence-electron chi connectivity index (χ0n) is 15.3. The Morgan fingerprint density at radius 1 is 1.20 bits per heavy atom. The van der Waals surface area contributed by atoms with Crippen LogP contribution in [0.2, 0.25) is 0 Å². The number of carbonyl (C=O) groups is 2. The smallest absolute Gasteiger partial charge is 0.220 e. The highest BCUT2D eigenvalue weighted by Gasteiger charge is 2.41. The van der Waals surface area contributed by atoms with E-state index in [4.69, 9.17) is 4.74 Å². The van der Waals surface area contributed by atoms with Crippen molar-refractivity contribution in [3.8, 4) is 5.75 Å². The van der Waals surface area contributed by atoms with Gasteiger partial charge in [0.2, 0.25) is 5.91 Å². The lowest BCUT2D eigenvalue weighted by Crippen LogP contribution is -2.40. The molecular formula is C21H29NO3. The number of ketones is 1. The topological polar surface area (TPSA) is 55.4 Å². The summed E-state index contributed by atoms with van der Waals surface area (Å²) in [5.41, 5.74) is 0.682. The second kappa shape index (κ2) is 8.03. The summed E-state index contributed by atoms with van der Waals surface area (Å²) < 4.78 is 5.64. The van der Waals surface area contributed by atoms with Crippen molar-refractivity contribution in [1.29, 1.82) is 0 Å². The van der Waals surface area contributed by atoms with Gasteiger partial charge in [0.15, 0.2) is 5.78 Å². The number of hydrogen-bond donors (Lipinski definition) is 1. The third-order valence-corrected chi connectivity index (χ3v) is 5.90. The molecule has 0 radical (unpaired) electrons. The first-order chi connectivity index (χ1) is 12.0. The quantitative estimate of drug-likeness (QED) is 0.573. The first kappa shape index (κ1) is 18.0. The molecule has 4 nitrogen and oxygen atoms in total. The van der Waals surface area contributed by atoms with E-state index in [1.807, 2.05) is 0 Å². The van der Waals surface area contributed by atoms with Gasteiger partial charge in [-0.3, -0.25) is 9.59 Å². The van der Waals surface area contributed by atoms with Gasteiger partial charge in [-0.15, -0.1) is 0 Å². The highest BCUT2D eigenvalue weighted by Crippen LogP contribution is 2.49. The summed E-state index contributed by atoms with van der Waals surface area (Å²) in [5, 5.41) is 3.19. The van der Waals surface area contributed by atoms with Crippen LogP contribution in [-0.4, -0.2) is 24.3 Å². The molecule has 0 aliphatic heterocycles. The van der Waals surface area contributed by atoms with Crippen LogP contribution in [0.5, 0.6) is 5.75 Å². The number of ether oxygens (including phenoxy) is 1. The molecule has 2 fully saturated rings. The molecule has 1 aromatic carbocycles. The fraction of sp³-hybridized carbons (Fsp3) is 0.619. The molecule has 25 heavy (non-hydrogen) atoms. The third-order valence-electron chi connectivity index (χ3n) is 5.90. The highest BCUT2D eigenvalue weighted by molar-refractivity contribution is 5.94. The second-order valence-electron chi connectivity index (χ2n) is 7.73. The van der Waals surface area contributed by atoms with E-state index in [1.54, 1.807) is 31.2 Å². The van der Waals surface area contributed by atoms with Crippen LogP contribution in [0.3, 0.4) is 0 Å². The van der Waals surface area contributed by atoms with Crippen molar-refractivity contribution in [2.75, 3.05) is 6.61 Å². The van der Waals surface area contributed by atoms with Crippen molar-refractivity contribution in [2.45, 2.75) is 58.4 Å². The van der Waals surface area contributed by atoms with Crippen LogP contribution in [0.15, 0.2) is 24.3 Å². The number of amides is 1. The Bertz CT molecular complexity index is 610. The summed E-state index contributed by atoms with van der Waals surface area (Å²) in [7, 11) is 0. The van der Waals surface area contributed by atoms with Crippen LogP contribution < -0.4 is 10.1 Å². The number of nitrogens with one attached hydrogen (secondary N) is 1. The minimum atomic E-state index is 0.0489. The van der Waals surface area contributed by atoms with E-state index < -0.39 is 0 Å². The molecule has 4 heteroatoms. The first-order valence-corrected chi connectivity index (χ1v) is 9.56. The Morgan fingerprint density at radius 2 is 1.96 bits per heavy atom. The molecule has 0 spiro atoms. The van der Waals surface area contributed by atoms with E-state index in [2.05, 4.69) is 12.2 Å². The van der Waals surface area contributed by atoms with Crippen molar-refractivity contribution in [3.05, 3.63) is 29.8 Å². The molecule has 2 aliphatic carbocycles. The van der Waals surface area contributed by atoms with Crippen LogP contribution in [0.1, 0.15) is 62.7 Å². The molecule has 2 bridgehead atoms. The number of rotatable bonds is 8. The van der Waals surface area contributed by atoms with Gasteiger partial charge in [-0.05, 0) is 81.5 Å². The lowest BCUT2D eigenvalue weighted by atomic mass is 9.84. The predicted octanol–water partition coefficient (Wildman–Crippen LogP) is 3.99. The zero-order valence-corrected chi connectivity index (χ0v) is 15.3. The molecule has 0 heterocycles. The minimum absolute atomic E-state index is 0.0489. The summed E-state index contributed by atoms with van der Waals surface area (Å²) in [6.45, 7) is 4.22. The monoisotopic (exact) mass is 343 g/mol. The van der Waals surface area contributed by atoms with Gasteiger partial charge in [0.1, 0.15) is 5.75 Å². The van der Waals surface area contributed by atoms with Gasteiger partial charge in [-0.25, -0.2) is 0 Å². The number of hydrogen-bond acceptors (Lipinski definition) is 3. The van der Waals surface area contributed by atoms with Crippen molar-refractivity contribution in [2.24, 2.45) is 17.8 Å². The van der Waals surface area contributed by atoms with E-state index in [1.165, 1.54) is 25.7 Å². The number of carbonyl (C=O) groups excluding carboxylic acids is 2. The molecule has 136 valence electrons. The number of fused-ring (bicyclic) bond motifs is 2. The zero-order chi connectivity index (χ0) is 17.8. The molecule has 2 saturated carbocycles.